The van der Waals surface area contributed by atoms with E-state index in [1.54, 1.807) is 24.3 Å². The van der Waals surface area contributed by atoms with Gasteiger partial charge in [0, 0.05) is 12.6 Å². The summed E-state index contributed by atoms with van der Waals surface area (Å²) in [5.41, 5.74) is 0.497. The molecule has 0 radical (unpaired) electrons. The Balaban J connectivity index is 0.00000289. The molecule has 1 rings (SSSR count). The molecule has 1 atom stereocenters. The number of hydrogen-bond acceptors (Lipinski definition) is 4. The summed E-state index contributed by atoms with van der Waals surface area (Å²) in [6, 6.07) is 9.04. The summed E-state index contributed by atoms with van der Waals surface area (Å²) in [5.74, 6) is -0.408. The highest BCUT2D eigenvalue weighted by Gasteiger charge is 2.10. The highest BCUT2D eigenvalue weighted by molar-refractivity contribution is 5.89. The number of hydrogen-bond donors (Lipinski definition) is 2. The monoisotopic (exact) mass is 273 g/mol. The Bertz CT molecular complexity index is 343. The first-order valence-electron chi connectivity index (χ1n) is 5.73. The molecule has 0 bridgehead atoms. The van der Waals surface area contributed by atoms with Crippen molar-refractivity contribution in [3.05, 3.63) is 35.9 Å². The van der Waals surface area contributed by atoms with E-state index in [1.165, 1.54) is 0 Å². The van der Waals surface area contributed by atoms with E-state index in [2.05, 4.69) is 5.32 Å². The van der Waals surface area contributed by atoms with E-state index in [0.717, 1.165) is 0 Å². The van der Waals surface area contributed by atoms with E-state index in [-0.39, 0.29) is 19.0 Å². The lowest BCUT2D eigenvalue weighted by Gasteiger charge is -2.14. The summed E-state index contributed by atoms with van der Waals surface area (Å²) < 4.78 is 4.99. The fourth-order valence-corrected chi connectivity index (χ4v) is 1.26. The summed E-state index contributed by atoms with van der Waals surface area (Å²) >= 11 is 0. The average Bonchev–Trinajstić information content (AvgIpc) is 2.34. The summed E-state index contributed by atoms with van der Waals surface area (Å²) in [4.78, 5) is 11.5. The molecule has 1 aromatic rings. The van der Waals surface area contributed by atoms with Crippen molar-refractivity contribution in [3.8, 4) is 0 Å². The highest BCUT2D eigenvalue weighted by atomic mass is 35.5. The number of nitrogens with one attached hydrogen (secondary N) is 1. The zero-order valence-corrected chi connectivity index (χ0v) is 11.4. The zero-order chi connectivity index (χ0) is 12.7. The quantitative estimate of drug-likeness (QED) is 0.774. The Labute approximate surface area is 114 Å². The maximum Gasteiger partial charge on any atom is 0.338 e. The number of halogens is 1. The average molecular weight is 274 g/mol. The summed E-state index contributed by atoms with van der Waals surface area (Å²) in [7, 11) is 0. The van der Waals surface area contributed by atoms with Crippen molar-refractivity contribution in [2.24, 2.45) is 0 Å². The maximum atomic E-state index is 11.5. The first-order chi connectivity index (χ1) is 8.09. The number of carbonyl (C=O) groups excluding carboxylic acids is 1. The van der Waals surface area contributed by atoms with Gasteiger partial charge in [-0.2, -0.15) is 0 Å². The van der Waals surface area contributed by atoms with Gasteiger partial charge in [0.05, 0.1) is 5.56 Å². The number of carbonyl (C=O) groups is 1. The van der Waals surface area contributed by atoms with E-state index in [1.807, 2.05) is 19.9 Å². The van der Waals surface area contributed by atoms with Crippen molar-refractivity contribution in [2.75, 3.05) is 13.2 Å². The second-order valence-electron chi connectivity index (χ2n) is 4.18. The first-order valence-corrected chi connectivity index (χ1v) is 5.73. The molecule has 18 heavy (non-hydrogen) atoms. The molecule has 0 amide bonds. The normalized spacial score (nSPS) is 11.8. The molecule has 2 N–H and O–H groups in total. The van der Waals surface area contributed by atoms with E-state index >= 15 is 0 Å². The molecule has 1 unspecified atom stereocenters. The topological polar surface area (TPSA) is 58.6 Å². The van der Waals surface area contributed by atoms with Crippen molar-refractivity contribution in [1.82, 2.24) is 5.32 Å². The number of rotatable bonds is 6. The molecule has 0 aromatic heterocycles. The lowest BCUT2D eigenvalue weighted by atomic mass is 10.2. The van der Waals surface area contributed by atoms with Gasteiger partial charge in [0.2, 0.25) is 0 Å². The van der Waals surface area contributed by atoms with Crippen LogP contribution in [0.15, 0.2) is 30.3 Å². The molecule has 0 spiro atoms. The van der Waals surface area contributed by atoms with Crippen LogP contribution < -0.4 is 5.32 Å². The van der Waals surface area contributed by atoms with E-state index < -0.39 is 12.1 Å². The summed E-state index contributed by atoms with van der Waals surface area (Å²) in [6.45, 7) is 4.40. The predicted molar refractivity (Wildman–Crippen MR) is 73.1 cm³/mol. The van der Waals surface area contributed by atoms with Gasteiger partial charge in [-0.3, -0.25) is 0 Å². The van der Waals surface area contributed by atoms with Gasteiger partial charge >= 0.3 is 5.97 Å². The van der Waals surface area contributed by atoms with Gasteiger partial charge in [-0.25, -0.2) is 4.79 Å². The molecule has 0 fully saturated rings. The van der Waals surface area contributed by atoms with Crippen LogP contribution in [0.4, 0.5) is 0 Å². The molecule has 0 aliphatic carbocycles. The van der Waals surface area contributed by atoms with Crippen LogP contribution in [0.2, 0.25) is 0 Å². The fraction of sp³-hybridized carbons (Fsp3) is 0.462. The zero-order valence-electron chi connectivity index (χ0n) is 10.6. The SMILES string of the molecule is CC(C)NCC(O)COC(=O)c1ccccc1.Cl. The van der Waals surface area contributed by atoms with Crippen LogP contribution >= 0.6 is 12.4 Å². The molecule has 4 nitrogen and oxygen atoms in total. The third-order valence-electron chi connectivity index (χ3n) is 2.18. The highest BCUT2D eigenvalue weighted by Crippen LogP contribution is 2.01. The predicted octanol–water partition coefficient (Wildman–Crippen LogP) is 1.62. The molecule has 5 heteroatoms. The van der Waals surface area contributed by atoms with Crippen molar-refractivity contribution in [1.29, 1.82) is 0 Å². The van der Waals surface area contributed by atoms with Crippen LogP contribution in [0.5, 0.6) is 0 Å². The minimum Gasteiger partial charge on any atom is -0.459 e. The first kappa shape index (κ1) is 16.9. The second kappa shape index (κ2) is 8.91. The molecule has 1 aromatic carbocycles. The van der Waals surface area contributed by atoms with Gasteiger partial charge in [0.25, 0.3) is 0 Å². The van der Waals surface area contributed by atoms with E-state index in [9.17, 15) is 9.90 Å². The van der Waals surface area contributed by atoms with Crippen LogP contribution in [0.3, 0.4) is 0 Å². The van der Waals surface area contributed by atoms with Crippen molar-refractivity contribution in [3.63, 3.8) is 0 Å². The van der Waals surface area contributed by atoms with Crippen molar-refractivity contribution < 1.29 is 14.6 Å². The third-order valence-corrected chi connectivity index (χ3v) is 2.18. The molecular formula is C13H20ClNO3. The smallest absolute Gasteiger partial charge is 0.338 e. The van der Waals surface area contributed by atoms with Crippen LogP contribution in [0, 0.1) is 0 Å². The number of aliphatic hydroxyl groups excluding tert-OH is 1. The molecule has 0 aliphatic heterocycles. The summed E-state index contributed by atoms with van der Waals surface area (Å²) in [5, 5.41) is 12.6. The molecular weight excluding hydrogens is 254 g/mol. The third kappa shape index (κ3) is 6.59. The second-order valence-corrected chi connectivity index (χ2v) is 4.18. The van der Waals surface area contributed by atoms with Crippen LogP contribution in [-0.4, -0.2) is 36.4 Å². The van der Waals surface area contributed by atoms with Gasteiger partial charge in [0.1, 0.15) is 12.7 Å². The Kier molecular flexibility index (Phi) is 8.37. The molecule has 0 saturated heterocycles. The number of esters is 1. The minimum atomic E-state index is -0.676. The Morgan fingerprint density at radius 2 is 1.94 bits per heavy atom. The van der Waals surface area contributed by atoms with Gasteiger partial charge in [0.15, 0.2) is 0 Å². The van der Waals surface area contributed by atoms with E-state index in [0.29, 0.717) is 18.2 Å². The number of benzene rings is 1. The summed E-state index contributed by atoms with van der Waals surface area (Å²) in [6.07, 6.45) is -0.676. The maximum absolute atomic E-state index is 11.5. The number of aliphatic hydroxyl groups is 1. The Morgan fingerprint density at radius 3 is 2.50 bits per heavy atom. The molecule has 102 valence electrons. The van der Waals surface area contributed by atoms with Gasteiger partial charge in [-0.15, -0.1) is 12.4 Å². The van der Waals surface area contributed by atoms with Gasteiger partial charge in [-0.05, 0) is 12.1 Å². The molecule has 0 heterocycles. The van der Waals surface area contributed by atoms with Crippen LogP contribution in [0.25, 0.3) is 0 Å². The van der Waals surface area contributed by atoms with Crippen LogP contribution in [0.1, 0.15) is 24.2 Å². The minimum absolute atomic E-state index is 0. The van der Waals surface area contributed by atoms with Crippen LogP contribution in [-0.2, 0) is 4.74 Å². The lowest BCUT2D eigenvalue weighted by molar-refractivity contribution is 0.0256. The van der Waals surface area contributed by atoms with Crippen molar-refractivity contribution in [2.45, 2.75) is 26.0 Å². The standard InChI is InChI=1S/C13H19NO3.ClH/c1-10(2)14-8-12(15)9-17-13(16)11-6-4-3-5-7-11;/h3-7,10,12,14-15H,8-9H2,1-2H3;1H. The Morgan fingerprint density at radius 1 is 1.33 bits per heavy atom. The molecule has 0 saturated carbocycles. The van der Waals surface area contributed by atoms with E-state index in [4.69, 9.17) is 4.74 Å². The number of ether oxygens (including phenoxy) is 1. The Hall–Kier alpha value is -1.10. The lowest BCUT2D eigenvalue weighted by Crippen LogP contribution is -2.35. The van der Waals surface area contributed by atoms with Crippen molar-refractivity contribution >= 4 is 18.4 Å². The van der Waals surface area contributed by atoms with Gasteiger partial charge in [-0.1, -0.05) is 32.0 Å². The largest absolute Gasteiger partial charge is 0.459 e. The fourth-order valence-electron chi connectivity index (χ4n) is 1.26. The molecule has 0 aliphatic rings. The van der Waals surface area contributed by atoms with Gasteiger partial charge < -0.3 is 15.2 Å².